The van der Waals surface area contributed by atoms with Crippen molar-refractivity contribution in [3.8, 4) is 62.9 Å². The maximum absolute atomic E-state index is 13.2. The molecule has 3 aromatic carbocycles. The van der Waals surface area contributed by atoms with Gasteiger partial charge in [0.2, 0.25) is 12.6 Å². The standard InChI is InChI=1S/C52H54O26/c1-69-33-15-23(3-11-29(33)57)5-13-39(60)71-21-37-42(63)44(65)47(68)51(77-37)78-49-45(66)40(61)35(19-53)75-52(49)74-34-18-27-31(72-48(34)24-6-8-25(54)9-7-24)16-26(55)17-32(27)73-50-46(67)43(64)41(62)36(76-50)20-70-38(59)12-4-22-2-10-28(56)30(58)14-22/h2-18,35-37,40-47,49-54,56-58,61-68H,19-21H2,1H3/t35-,36-,37-,40-,41-,42-,43+,44+,45+,46-,47-,49-,50-,51+,52+/m1/s1. The smallest absolute Gasteiger partial charge is 0.330 e. The molecule has 0 unspecified atom stereocenters. The Bertz CT molecular complexity index is 2980. The fourth-order valence-electron chi connectivity index (χ4n) is 8.37. The highest BCUT2D eigenvalue weighted by Gasteiger charge is 2.52. The topological polar surface area (TPSA) is 410 Å². The van der Waals surface area contributed by atoms with Crippen LogP contribution in [0.4, 0.5) is 0 Å². The summed E-state index contributed by atoms with van der Waals surface area (Å²) in [7, 11) is 1.33. The molecule has 3 aromatic rings. The molecule has 418 valence electrons. The highest BCUT2D eigenvalue weighted by Crippen LogP contribution is 2.44. The average Bonchev–Trinajstić information content (AvgIpc) is 3.53. The summed E-state index contributed by atoms with van der Waals surface area (Å²) in [6.45, 7) is -2.36. The fraction of sp³-hybridized carbons (Fsp3) is 0.365. The van der Waals surface area contributed by atoms with Gasteiger partial charge in [0.15, 0.2) is 52.3 Å². The zero-order valence-electron chi connectivity index (χ0n) is 40.7. The van der Waals surface area contributed by atoms with E-state index in [0.717, 1.165) is 24.3 Å². The molecule has 0 amide bonds. The van der Waals surface area contributed by atoms with Crippen molar-refractivity contribution in [3.63, 3.8) is 0 Å². The van der Waals surface area contributed by atoms with Gasteiger partial charge in [0.1, 0.15) is 97.6 Å². The predicted octanol–water partition coefficient (Wildman–Crippen LogP) is -1.05. The minimum absolute atomic E-state index is 0.123. The average molecular weight is 1090 g/mol. The number of ether oxygens (including phenoxy) is 9. The van der Waals surface area contributed by atoms with Crippen LogP contribution in [0.25, 0.3) is 34.8 Å². The van der Waals surface area contributed by atoms with Crippen LogP contribution >= 0.6 is 0 Å². The Kier molecular flexibility index (Phi) is 17.8. The molecule has 26 heteroatoms. The van der Waals surface area contributed by atoms with E-state index in [0.29, 0.717) is 11.1 Å². The van der Waals surface area contributed by atoms with Crippen LogP contribution in [0.2, 0.25) is 0 Å². The molecule has 0 aromatic heterocycles. The lowest BCUT2D eigenvalue weighted by atomic mass is 9.97. The SMILES string of the molecule is COc1cc(C=CC(=O)OC[C@H]2O[C@@H](O[C@H]3[C@@H](Oc4cc5c(O[C@@H]6O[C@H](COC(=O)C=Cc7ccc(O)c(O)c7)[C@@H](O)[C@H](O)[C@H]6O)cc(=O)cc-5oc4-c4ccc(O)cc4)O[C@H](CO)[C@@H](O)[C@@H]3O)[C@H](O)[C@@H](O)[C@@H]2O)ccc1O. The Morgan fingerprint density at radius 3 is 1.71 bits per heavy atom. The van der Waals surface area contributed by atoms with Gasteiger partial charge in [0.25, 0.3) is 0 Å². The second-order valence-corrected chi connectivity index (χ2v) is 18.0. The van der Waals surface area contributed by atoms with Crippen LogP contribution in [-0.4, -0.2) is 197 Å². The first-order valence-electron chi connectivity index (χ1n) is 23.7. The van der Waals surface area contributed by atoms with E-state index in [-0.39, 0.29) is 45.6 Å². The van der Waals surface area contributed by atoms with Crippen molar-refractivity contribution in [1.29, 1.82) is 0 Å². The van der Waals surface area contributed by atoms with Crippen molar-refractivity contribution in [2.24, 2.45) is 0 Å². The van der Waals surface area contributed by atoms with Gasteiger partial charge >= 0.3 is 11.9 Å². The Balaban J connectivity index is 1.05. The first kappa shape index (κ1) is 56.8. The van der Waals surface area contributed by atoms with Gasteiger partial charge in [-0.3, -0.25) is 4.79 Å². The minimum atomic E-state index is -2.09. The lowest BCUT2D eigenvalue weighted by molar-refractivity contribution is -0.358. The van der Waals surface area contributed by atoms with Gasteiger partial charge in [-0.2, -0.15) is 0 Å². The largest absolute Gasteiger partial charge is 0.508 e. The van der Waals surface area contributed by atoms with Crippen LogP contribution in [0.3, 0.4) is 0 Å². The molecule has 0 radical (unpaired) electrons. The quantitative estimate of drug-likeness (QED) is 0.0300. The highest BCUT2D eigenvalue weighted by atomic mass is 16.8. The number of hydrogen-bond donors (Lipinski definition) is 13. The van der Waals surface area contributed by atoms with Crippen LogP contribution in [0.1, 0.15) is 11.1 Å². The number of carbonyl (C=O) groups excluding carboxylic acids is 2. The molecule has 3 fully saturated rings. The fourth-order valence-corrected chi connectivity index (χ4v) is 8.37. The first-order valence-corrected chi connectivity index (χ1v) is 23.7. The molecule has 0 spiro atoms. The summed E-state index contributed by atoms with van der Waals surface area (Å²) >= 11 is 0. The van der Waals surface area contributed by atoms with E-state index >= 15 is 0 Å². The van der Waals surface area contributed by atoms with Crippen LogP contribution < -0.4 is 19.6 Å². The summed E-state index contributed by atoms with van der Waals surface area (Å²) in [5, 5.41) is 138. The first-order chi connectivity index (χ1) is 37.2. The minimum Gasteiger partial charge on any atom is -0.508 e. The molecule has 4 heterocycles. The lowest BCUT2D eigenvalue weighted by Crippen LogP contribution is -2.65. The second-order valence-electron chi connectivity index (χ2n) is 18.0. The van der Waals surface area contributed by atoms with Crippen LogP contribution in [-0.2, 0) is 38.0 Å². The number of aliphatic hydroxyl groups excluding tert-OH is 9. The number of aromatic hydroxyl groups is 4. The molecule has 3 saturated heterocycles. The van der Waals surface area contributed by atoms with E-state index in [2.05, 4.69) is 0 Å². The van der Waals surface area contributed by atoms with Crippen molar-refractivity contribution in [2.45, 2.75) is 92.1 Å². The summed E-state index contributed by atoms with van der Waals surface area (Å²) in [4.78, 5) is 38.6. The highest BCUT2D eigenvalue weighted by molar-refractivity contribution is 5.88. The lowest BCUT2D eigenvalue weighted by Gasteiger charge is -2.46. The zero-order chi connectivity index (χ0) is 56.1. The summed E-state index contributed by atoms with van der Waals surface area (Å²) in [5.41, 5.74) is 0.0541. The molecule has 78 heavy (non-hydrogen) atoms. The summed E-state index contributed by atoms with van der Waals surface area (Å²) < 4.78 is 57.4. The van der Waals surface area contributed by atoms with E-state index in [1.807, 2.05) is 0 Å². The number of phenols is 4. The molecular weight excluding hydrogens is 1040 g/mol. The number of carbonyl (C=O) groups is 2. The number of rotatable bonds is 17. The van der Waals surface area contributed by atoms with Crippen molar-refractivity contribution >= 4 is 24.1 Å². The van der Waals surface area contributed by atoms with E-state index in [9.17, 15) is 80.8 Å². The molecule has 1 aliphatic carbocycles. The van der Waals surface area contributed by atoms with Gasteiger partial charge in [-0.05, 0) is 77.9 Å². The van der Waals surface area contributed by atoms with Gasteiger partial charge in [0.05, 0.1) is 19.3 Å². The van der Waals surface area contributed by atoms with Crippen LogP contribution in [0.15, 0.2) is 100 Å². The number of hydrogen-bond acceptors (Lipinski definition) is 26. The van der Waals surface area contributed by atoms with Crippen molar-refractivity contribution < 1.29 is 123 Å². The molecule has 0 bridgehead atoms. The van der Waals surface area contributed by atoms with Crippen LogP contribution in [0.5, 0.6) is 40.2 Å². The normalized spacial score (nSPS) is 29.3. The summed E-state index contributed by atoms with van der Waals surface area (Å²) in [6.07, 6.45) is -23.8. The number of benzene rings is 4. The molecule has 15 atom stereocenters. The second kappa shape index (κ2) is 24.5. The maximum Gasteiger partial charge on any atom is 0.330 e. The van der Waals surface area contributed by atoms with Gasteiger partial charge in [0, 0.05) is 29.8 Å². The van der Waals surface area contributed by atoms with Crippen LogP contribution in [0, 0.1) is 0 Å². The third-order valence-electron chi connectivity index (χ3n) is 12.7. The third kappa shape index (κ3) is 12.8. The Labute approximate surface area is 440 Å². The molecule has 26 nitrogen and oxygen atoms in total. The van der Waals surface area contributed by atoms with Crippen molar-refractivity contribution in [1.82, 2.24) is 0 Å². The number of aliphatic hydroxyl groups is 9. The Morgan fingerprint density at radius 2 is 1.10 bits per heavy atom. The summed E-state index contributed by atoms with van der Waals surface area (Å²) in [6, 6.07) is 16.5. The van der Waals surface area contributed by atoms with Gasteiger partial charge in [-0.15, -0.1) is 0 Å². The van der Waals surface area contributed by atoms with E-state index in [1.54, 1.807) is 0 Å². The van der Waals surface area contributed by atoms with E-state index in [1.165, 1.54) is 86.0 Å². The molecule has 4 aliphatic heterocycles. The maximum atomic E-state index is 13.2. The number of phenolic OH excluding ortho intramolecular Hbond substituents is 4. The van der Waals surface area contributed by atoms with Crippen molar-refractivity contribution in [2.75, 3.05) is 26.9 Å². The number of fused-ring (bicyclic) bond motifs is 1. The van der Waals surface area contributed by atoms with E-state index < -0.39 is 147 Å². The predicted molar refractivity (Wildman–Crippen MR) is 260 cm³/mol. The molecule has 13 N–H and O–H groups in total. The zero-order valence-corrected chi connectivity index (χ0v) is 40.7. The van der Waals surface area contributed by atoms with Crippen molar-refractivity contribution in [3.05, 3.63) is 112 Å². The Morgan fingerprint density at radius 1 is 0.551 bits per heavy atom. The molecule has 0 saturated carbocycles. The Hall–Kier alpha value is -7.41. The van der Waals surface area contributed by atoms with Gasteiger partial charge in [-0.25, -0.2) is 9.59 Å². The molecular formula is C52H54O26. The monoisotopic (exact) mass is 1090 g/mol. The van der Waals surface area contributed by atoms with Gasteiger partial charge < -0.3 is 113 Å². The number of methoxy groups -OCH3 is 1. The molecule has 5 aliphatic rings. The number of esters is 2. The van der Waals surface area contributed by atoms with Gasteiger partial charge in [-0.1, -0.05) is 12.1 Å². The van der Waals surface area contributed by atoms with E-state index in [4.69, 9.17) is 47.0 Å². The third-order valence-corrected chi connectivity index (χ3v) is 12.7. The molecule has 8 rings (SSSR count). The summed E-state index contributed by atoms with van der Waals surface area (Å²) in [5.74, 6) is -4.13.